The molecule has 2 rings (SSSR count). The third-order valence-electron chi connectivity index (χ3n) is 2.84. The number of amides is 1. The topological polar surface area (TPSA) is 82.1 Å². The number of carbonyl (C=O) groups excluding carboxylic acids is 2. The van der Waals surface area contributed by atoms with E-state index in [-0.39, 0.29) is 27.7 Å². The van der Waals surface area contributed by atoms with Crippen LogP contribution in [0.4, 0.5) is 18.9 Å². The number of hydrogen-bond donors (Lipinski definition) is 1. The van der Waals surface area contributed by atoms with Gasteiger partial charge in [0.1, 0.15) is 5.01 Å². The summed E-state index contributed by atoms with van der Waals surface area (Å²) in [6.45, 7) is 1.45. The van der Waals surface area contributed by atoms with Gasteiger partial charge in [0.05, 0.1) is 34.2 Å². The number of halogens is 3. The predicted octanol–water partition coefficient (Wildman–Crippen LogP) is 2.02. The quantitative estimate of drug-likeness (QED) is 0.921. The molecular formula is C14H10F3N2O3S-. The van der Waals surface area contributed by atoms with Crippen LogP contribution in [0.2, 0.25) is 0 Å². The maximum Gasteiger partial charge on any atom is 0.418 e. The Morgan fingerprint density at radius 3 is 2.52 bits per heavy atom. The number of carboxylic acid groups (broad SMARTS) is 1. The molecule has 0 spiro atoms. The van der Waals surface area contributed by atoms with Gasteiger partial charge in [0.15, 0.2) is 0 Å². The highest BCUT2D eigenvalue weighted by molar-refractivity contribution is 7.13. The largest absolute Gasteiger partial charge is 0.544 e. The maximum atomic E-state index is 12.8. The molecule has 0 atom stereocenters. The van der Waals surface area contributed by atoms with Gasteiger partial charge in [-0.2, -0.15) is 13.2 Å². The summed E-state index contributed by atoms with van der Waals surface area (Å²) in [4.78, 5) is 26.5. The van der Waals surface area contributed by atoms with Gasteiger partial charge in [-0.3, -0.25) is 4.79 Å². The van der Waals surface area contributed by atoms with E-state index in [1.165, 1.54) is 19.1 Å². The molecule has 23 heavy (non-hydrogen) atoms. The van der Waals surface area contributed by atoms with Crippen molar-refractivity contribution in [1.29, 1.82) is 0 Å². The van der Waals surface area contributed by atoms with Gasteiger partial charge in [-0.1, -0.05) is 12.1 Å². The average Bonchev–Trinajstić information content (AvgIpc) is 2.78. The number of benzene rings is 1. The number of aromatic carboxylic acids is 1. The molecular weight excluding hydrogens is 333 g/mol. The Labute approximate surface area is 132 Å². The van der Waals surface area contributed by atoms with Gasteiger partial charge in [0.25, 0.3) is 0 Å². The molecule has 0 saturated carbocycles. The highest BCUT2D eigenvalue weighted by Gasteiger charge is 2.33. The smallest absolute Gasteiger partial charge is 0.418 e. The molecule has 122 valence electrons. The lowest BCUT2D eigenvalue weighted by atomic mass is 10.1. The Hall–Kier alpha value is -2.42. The number of nitrogens with zero attached hydrogens (tertiary/aromatic N) is 1. The number of anilines is 1. The summed E-state index contributed by atoms with van der Waals surface area (Å²) in [6.07, 6.45) is -4.92. The minimum Gasteiger partial charge on any atom is -0.544 e. The van der Waals surface area contributed by atoms with E-state index < -0.39 is 23.6 Å². The zero-order valence-corrected chi connectivity index (χ0v) is 12.5. The number of aryl methyl sites for hydroxylation is 1. The number of nitrogens with one attached hydrogen (secondary N) is 1. The molecule has 0 aliphatic heterocycles. The van der Waals surface area contributed by atoms with E-state index in [4.69, 9.17) is 0 Å². The molecule has 0 saturated heterocycles. The minimum atomic E-state index is -4.59. The molecule has 0 aliphatic carbocycles. The van der Waals surface area contributed by atoms with Gasteiger partial charge in [0.2, 0.25) is 5.91 Å². The van der Waals surface area contributed by atoms with Crippen molar-refractivity contribution < 1.29 is 27.9 Å². The second-order valence-electron chi connectivity index (χ2n) is 4.58. The number of hydrogen-bond acceptors (Lipinski definition) is 5. The molecule has 5 nitrogen and oxygen atoms in total. The zero-order valence-electron chi connectivity index (χ0n) is 11.7. The fourth-order valence-electron chi connectivity index (χ4n) is 1.89. The zero-order chi connectivity index (χ0) is 17.2. The van der Waals surface area contributed by atoms with Crippen molar-refractivity contribution in [1.82, 2.24) is 4.98 Å². The number of carbonyl (C=O) groups is 2. The summed E-state index contributed by atoms with van der Waals surface area (Å²) in [5, 5.41) is 13.2. The third kappa shape index (κ3) is 4.07. The number of alkyl halides is 3. The van der Waals surface area contributed by atoms with Crippen LogP contribution in [-0.4, -0.2) is 16.9 Å². The maximum absolute atomic E-state index is 12.8. The van der Waals surface area contributed by atoms with E-state index in [0.717, 1.165) is 23.5 Å². The average molecular weight is 343 g/mol. The molecule has 0 fully saturated rings. The van der Waals surface area contributed by atoms with Crippen molar-refractivity contribution in [2.75, 3.05) is 5.32 Å². The molecule has 0 bridgehead atoms. The highest BCUT2D eigenvalue weighted by atomic mass is 32.1. The first-order valence-electron chi connectivity index (χ1n) is 6.32. The van der Waals surface area contributed by atoms with Gasteiger partial charge < -0.3 is 15.2 Å². The van der Waals surface area contributed by atoms with Crippen LogP contribution in [0.5, 0.6) is 0 Å². The number of aromatic nitrogens is 1. The predicted molar refractivity (Wildman–Crippen MR) is 75.0 cm³/mol. The summed E-state index contributed by atoms with van der Waals surface area (Å²) in [6, 6.07) is 4.58. The van der Waals surface area contributed by atoms with Crippen LogP contribution in [0.1, 0.15) is 25.9 Å². The van der Waals surface area contributed by atoms with Gasteiger partial charge in [-0.15, -0.1) is 11.3 Å². The molecule has 0 radical (unpaired) electrons. The van der Waals surface area contributed by atoms with Crippen molar-refractivity contribution in [2.45, 2.75) is 19.5 Å². The van der Waals surface area contributed by atoms with Crippen molar-refractivity contribution in [2.24, 2.45) is 0 Å². The summed E-state index contributed by atoms with van der Waals surface area (Å²) < 4.78 is 38.5. The van der Waals surface area contributed by atoms with Crippen LogP contribution in [0.3, 0.4) is 0 Å². The molecule has 0 aliphatic rings. The Morgan fingerprint density at radius 1 is 1.30 bits per heavy atom. The molecule has 1 heterocycles. The number of thiazole rings is 1. The van der Waals surface area contributed by atoms with Crippen LogP contribution < -0.4 is 10.4 Å². The van der Waals surface area contributed by atoms with Gasteiger partial charge in [0, 0.05) is 0 Å². The van der Waals surface area contributed by atoms with E-state index in [1.54, 1.807) is 0 Å². The van der Waals surface area contributed by atoms with Crippen molar-refractivity contribution in [3.8, 4) is 0 Å². The molecule has 9 heteroatoms. The molecule has 2 aromatic rings. The number of rotatable bonds is 4. The van der Waals surface area contributed by atoms with Gasteiger partial charge in [-0.05, 0) is 19.1 Å². The van der Waals surface area contributed by atoms with E-state index in [2.05, 4.69) is 10.3 Å². The lowest BCUT2D eigenvalue weighted by Gasteiger charge is -2.13. The fraction of sp³-hybridized carbons (Fsp3) is 0.214. The van der Waals surface area contributed by atoms with E-state index in [1.807, 2.05) is 0 Å². The molecule has 1 aromatic heterocycles. The second kappa shape index (κ2) is 6.37. The summed E-state index contributed by atoms with van der Waals surface area (Å²) >= 11 is 0.760. The van der Waals surface area contributed by atoms with Gasteiger partial charge >= 0.3 is 6.18 Å². The molecule has 0 unspecified atom stereocenters. The monoisotopic (exact) mass is 343 g/mol. The van der Waals surface area contributed by atoms with Crippen LogP contribution in [-0.2, 0) is 17.4 Å². The highest BCUT2D eigenvalue weighted by Crippen LogP contribution is 2.34. The number of para-hydroxylation sites is 1. The first-order chi connectivity index (χ1) is 10.7. The second-order valence-corrected chi connectivity index (χ2v) is 5.66. The molecule has 1 N–H and O–H groups in total. The lowest BCUT2D eigenvalue weighted by Crippen LogP contribution is -2.21. The van der Waals surface area contributed by atoms with E-state index in [9.17, 15) is 27.9 Å². The summed E-state index contributed by atoms with van der Waals surface area (Å²) in [7, 11) is 0. The van der Waals surface area contributed by atoms with Gasteiger partial charge in [-0.25, -0.2) is 4.98 Å². The number of carboxylic acids is 1. The summed E-state index contributed by atoms with van der Waals surface area (Å²) in [5.74, 6) is -2.13. The Balaban J connectivity index is 2.15. The lowest BCUT2D eigenvalue weighted by molar-refractivity contribution is -0.254. The minimum absolute atomic E-state index is 0.108. The third-order valence-corrected chi connectivity index (χ3v) is 3.98. The van der Waals surface area contributed by atoms with Crippen LogP contribution in [0, 0.1) is 6.92 Å². The first kappa shape index (κ1) is 16.9. The van der Waals surface area contributed by atoms with Crippen molar-refractivity contribution >= 4 is 28.9 Å². The van der Waals surface area contributed by atoms with E-state index >= 15 is 0 Å². The van der Waals surface area contributed by atoms with Crippen LogP contribution in [0.25, 0.3) is 0 Å². The fourth-order valence-corrected chi connectivity index (χ4v) is 2.79. The Bertz CT molecular complexity index is 756. The molecule has 1 aromatic carbocycles. The van der Waals surface area contributed by atoms with Crippen LogP contribution >= 0.6 is 11.3 Å². The first-order valence-corrected chi connectivity index (χ1v) is 7.14. The normalized spacial score (nSPS) is 11.3. The standard InChI is InChI=1S/C14H11F3N2O3S/c1-7-12(13(21)22)23-11(18-7)6-10(20)19-9-5-3-2-4-8(9)14(15,16)17/h2-5H,6H2,1H3,(H,19,20)(H,21,22)/p-1. The van der Waals surface area contributed by atoms with Crippen LogP contribution in [0.15, 0.2) is 24.3 Å². The van der Waals surface area contributed by atoms with Crippen molar-refractivity contribution in [3.05, 3.63) is 45.4 Å². The summed E-state index contributed by atoms with van der Waals surface area (Å²) in [5.41, 5.74) is -1.12. The van der Waals surface area contributed by atoms with E-state index in [0.29, 0.717) is 0 Å². The Kier molecular flexibility index (Phi) is 4.69. The molecule has 1 amide bonds. The Morgan fingerprint density at radius 2 is 1.96 bits per heavy atom. The van der Waals surface area contributed by atoms with Crippen molar-refractivity contribution in [3.63, 3.8) is 0 Å². The SMILES string of the molecule is Cc1nc(CC(=O)Nc2ccccc2C(F)(F)F)sc1C(=O)[O-].